The fourth-order valence-electron chi connectivity index (χ4n) is 2.65. The van der Waals surface area contributed by atoms with Gasteiger partial charge in [0.1, 0.15) is 10.4 Å². The first kappa shape index (κ1) is 14.6. The van der Waals surface area contributed by atoms with Crippen molar-refractivity contribution in [2.24, 2.45) is 0 Å². The highest BCUT2D eigenvalue weighted by molar-refractivity contribution is 9.10. The Labute approximate surface area is 133 Å². The predicted molar refractivity (Wildman–Crippen MR) is 87.5 cm³/mol. The molecule has 2 atom stereocenters. The highest BCUT2D eigenvalue weighted by Gasteiger charge is 2.48. The zero-order valence-electron chi connectivity index (χ0n) is 11.9. The summed E-state index contributed by atoms with van der Waals surface area (Å²) in [5.74, 6) is 0. The van der Waals surface area contributed by atoms with Crippen LogP contribution in [0.15, 0.2) is 54.6 Å². The Morgan fingerprint density at radius 1 is 1.19 bits per heavy atom. The molecule has 0 unspecified atom stereocenters. The third-order valence-electron chi connectivity index (χ3n) is 3.83. The van der Waals surface area contributed by atoms with Gasteiger partial charge in [0, 0.05) is 0 Å². The lowest BCUT2D eigenvalue weighted by molar-refractivity contribution is 0.148. The number of alkyl halides is 1. The maximum Gasteiger partial charge on any atom is 0.101 e. The Morgan fingerprint density at radius 3 is 2.48 bits per heavy atom. The molecule has 0 aromatic heterocycles. The van der Waals surface area contributed by atoms with Gasteiger partial charge in [0.05, 0.1) is 18.9 Å². The zero-order chi connectivity index (χ0) is 14.9. The molecule has 0 saturated carbocycles. The van der Waals surface area contributed by atoms with Crippen molar-refractivity contribution in [3.05, 3.63) is 65.7 Å². The summed E-state index contributed by atoms with van der Waals surface area (Å²) in [6, 6.07) is 18.2. The number of halogens is 1. The summed E-state index contributed by atoms with van der Waals surface area (Å²) < 4.78 is -0.502. The topological polar surface area (TPSA) is 32.7 Å². The molecule has 110 valence electrons. The number of para-hydroxylation sites is 1. The van der Waals surface area contributed by atoms with Gasteiger partial charge in [-0.25, -0.2) is 5.06 Å². The molecule has 1 fully saturated rings. The maximum atomic E-state index is 9.82. The summed E-state index contributed by atoms with van der Waals surface area (Å²) in [6.07, 6.45) is 0. The molecule has 1 aliphatic heterocycles. The summed E-state index contributed by atoms with van der Waals surface area (Å²) in [6.45, 7) is 2.50. The molecule has 1 saturated heterocycles. The molecule has 2 aromatic carbocycles. The number of aliphatic hydroxyl groups excluding tert-OH is 1. The first-order valence-corrected chi connectivity index (χ1v) is 7.77. The minimum absolute atomic E-state index is 0.00881. The van der Waals surface area contributed by atoms with Crippen LogP contribution in [0.5, 0.6) is 0 Å². The minimum Gasteiger partial charge on any atom is -0.395 e. The van der Waals surface area contributed by atoms with E-state index in [1.165, 1.54) is 5.56 Å². The van der Waals surface area contributed by atoms with Crippen LogP contribution < -0.4 is 5.06 Å². The number of anilines is 1. The van der Waals surface area contributed by atoms with Crippen molar-refractivity contribution in [3.8, 4) is 0 Å². The molecule has 0 radical (unpaired) electrons. The van der Waals surface area contributed by atoms with Crippen molar-refractivity contribution in [2.75, 3.05) is 18.3 Å². The van der Waals surface area contributed by atoms with Gasteiger partial charge >= 0.3 is 0 Å². The molecule has 2 aromatic rings. The molecule has 0 bridgehead atoms. The average molecular weight is 348 g/mol. The van der Waals surface area contributed by atoms with Crippen LogP contribution in [-0.2, 0) is 4.84 Å². The van der Waals surface area contributed by atoms with Crippen molar-refractivity contribution in [3.63, 3.8) is 0 Å². The largest absolute Gasteiger partial charge is 0.395 e. The normalized spacial score (nSPS) is 25.3. The van der Waals surface area contributed by atoms with Crippen LogP contribution in [0.2, 0.25) is 0 Å². The van der Waals surface area contributed by atoms with Gasteiger partial charge in [0.2, 0.25) is 0 Å². The standard InChI is InChI=1S/C17H18BrNO2/c1-13-7-9-14(10-8-13)16-17(18,11-20)12-21-19(16)15-5-3-2-4-6-15/h2-10,16,20H,11-12H2,1H3/t16-,17-/m1/s1. The first-order chi connectivity index (χ1) is 10.1. The van der Waals surface area contributed by atoms with Gasteiger partial charge in [0.15, 0.2) is 0 Å². The number of hydrogen-bond donors (Lipinski definition) is 1. The molecule has 1 aliphatic rings. The third-order valence-corrected chi connectivity index (χ3v) is 4.75. The monoisotopic (exact) mass is 347 g/mol. The van der Waals surface area contributed by atoms with Gasteiger partial charge < -0.3 is 5.11 Å². The lowest BCUT2D eigenvalue weighted by Gasteiger charge is -2.31. The smallest absolute Gasteiger partial charge is 0.101 e. The van der Waals surface area contributed by atoms with Gasteiger partial charge in [-0.1, -0.05) is 64.0 Å². The van der Waals surface area contributed by atoms with E-state index in [1.807, 2.05) is 35.4 Å². The van der Waals surface area contributed by atoms with Crippen molar-refractivity contribution >= 4 is 21.6 Å². The number of nitrogens with zero attached hydrogens (tertiary/aromatic N) is 1. The van der Waals surface area contributed by atoms with E-state index in [1.54, 1.807) is 0 Å². The minimum atomic E-state index is -0.502. The van der Waals surface area contributed by atoms with Crippen LogP contribution in [0, 0.1) is 6.92 Å². The number of aryl methyl sites for hydroxylation is 1. The Bertz CT molecular complexity index is 602. The van der Waals surface area contributed by atoms with Crippen molar-refractivity contribution in [1.82, 2.24) is 0 Å². The molecule has 21 heavy (non-hydrogen) atoms. The fraction of sp³-hybridized carbons (Fsp3) is 0.294. The summed E-state index contributed by atoms with van der Waals surface area (Å²) in [5, 5.41) is 11.7. The van der Waals surface area contributed by atoms with Crippen molar-refractivity contribution < 1.29 is 9.94 Å². The lowest BCUT2D eigenvalue weighted by Crippen LogP contribution is -2.36. The predicted octanol–water partition coefficient (Wildman–Crippen LogP) is 3.61. The highest BCUT2D eigenvalue weighted by atomic mass is 79.9. The maximum absolute atomic E-state index is 9.82. The van der Waals surface area contributed by atoms with E-state index in [-0.39, 0.29) is 12.6 Å². The molecule has 0 spiro atoms. The van der Waals surface area contributed by atoms with Crippen molar-refractivity contribution in [2.45, 2.75) is 17.3 Å². The van der Waals surface area contributed by atoms with Gasteiger partial charge in [-0.15, -0.1) is 0 Å². The number of hydrogen-bond acceptors (Lipinski definition) is 3. The summed E-state index contributed by atoms with van der Waals surface area (Å²) in [4.78, 5) is 5.87. The van der Waals surface area contributed by atoms with Gasteiger partial charge in [-0.3, -0.25) is 4.84 Å². The molecule has 3 nitrogen and oxygen atoms in total. The first-order valence-electron chi connectivity index (χ1n) is 6.97. The van der Waals surface area contributed by atoms with E-state index >= 15 is 0 Å². The van der Waals surface area contributed by atoms with Crippen LogP contribution in [0.1, 0.15) is 17.2 Å². The Balaban J connectivity index is 2.03. The Kier molecular flexibility index (Phi) is 4.02. The van der Waals surface area contributed by atoms with E-state index in [4.69, 9.17) is 4.84 Å². The zero-order valence-corrected chi connectivity index (χ0v) is 13.5. The summed E-state index contributed by atoms with van der Waals surface area (Å²) >= 11 is 3.69. The van der Waals surface area contributed by atoms with E-state index < -0.39 is 4.32 Å². The van der Waals surface area contributed by atoms with E-state index in [9.17, 15) is 5.11 Å². The second kappa shape index (κ2) is 5.79. The van der Waals surface area contributed by atoms with E-state index in [0.29, 0.717) is 6.61 Å². The highest BCUT2D eigenvalue weighted by Crippen LogP contribution is 2.46. The van der Waals surface area contributed by atoms with E-state index in [0.717, 1.165) is 11.3 Å². The molecular formula is C17H18BrNO2. The third kappa shape index (κ3) is 2.71. The SMILES string of the molecule is Cc1ccc([C@H]2N(c3ccccc3)OC[C@]2(Br)CO)cc1. The molecule has 0 amide bonds. The Morgan fingerprint density at radius 2 is 1.86 bits per heavy atom. The average Bonchev–Trinajstić information content (AvgIpc) is 2.87. The summed E-state index contributed by atoms with van der Waals surface area (Å²) in [7, 11) is 0. The van der Waals surface area contributed by atoms with Crippen LogP contribution in [0.25, 0.3) is 0 Å². The second-order valence-corrected chi connectivity index (χ2v) is 7.02. The molecule has 4 heteroatoms. The van der Waals surface area contributed by atoms with Crippen LogP contribution in [0.4, 0.5) is 5.69 Å². The van der Waals surface area contributed by atoms with Crippen molar-refractivity contribution in [1.29, 1.82) is 0 Å². The van der Waals surface area contributed by atoms with Crippen LogP contribution >= 0.6 is 15.9 Å². The molecule has 1 N–H and O–H groups in total. The van der Waals surface area contributed by atoms with Crippen LogP contribution in [-0.4, -0.2) is 22.6 Å². The van der Waals surface area contributed by atoms with Gasteiger partial charge in [-0.2, -0.15) is 0 Å². The van der Waals surface area contributed by atoms with E-state index in [2.05, 4.69) is 47.1 Å². The quantitative estimate of drug-likeness (QED) is 0.860. The molecular weight excluding hydrogens is 330 g/mol. The van der Waals surface area contributed by atoms with Crippen LogP contribution in [0.3, 0.4) is 0 Å². The second-order valence-electron chi connectivity index (χ2n) is 5.44. The fourth-order valence-corrected chi connectivity index (χ4v) is 3.21. The number of benzene rings is 2. The Hall–Kier alpha value is -1.36. The molecule has 3 rings (SSSR count). The van der Waals surface area contributed by atoms with Gasteiger partial charge in [0.25, 0.3) is 0 Å². The molecule has 1 heterocycles. The molecule has 0 aliphatic carbocycles. The number of rotatable bonds is 3. The number of aliphatic hydroxyl groups is 1. The number of hydroxylamine groups is 1. The summed E-state index contributed by atoms with van der Waals surface area (Å²) in [5.41, 5.74) is 3.32. The lowest BCUT2D eigenvalue weighted by atomic mass is 9.93. The van der Waals surface area contributed by atoms with Gasteiger partial charge in [-0.05, 0) is 24.6 Å².